The molecule has 1 N–H and O–H groups in total. The van der Waals surface area contributed by atoms with Crippen LogP contribution in [0.1, 0.15) is 36.2 Å². The first-order chi connectivity index (χ1) is 14.6. The fraction of sp³-hybridized carbons (Fsp3) is 0.421. The van der Waals surface area contributed by atoms with Gasteiger partial charge < -0.3 is 15.0 Å². The molecule has 9 nitrogen and oxygen atoms in total. The van der Waals surface area contributed by atoms with E-state index in [0.29, 0.717) is 31.8 Å². The van der Waals surface area contributed by atoms with E-state index in [4.69, 9.17) is 16.3 Å². The van der Waals surface area contributed by atoms with Crippen molar-refractivity contribution in [3.05, 3.63) is 34.7 Å². The Kier molecular flexibility index (Phi) is 5.03. The molecule has 3 aromatic rings. The van der Waals surface area contributed by atoms with Gasteiger partial charge in [-0.2, -0.15) is 5.10 Å². The molecule has 0 aromatic carbocycles. The molecule has 0 bridgehead atoms. The van der Waals surface area contributed by atoms with Crippen LogP contribution in [0.15, 0.2) is 23.8 Å². The van der Waals surface area contributed by atoms with E-state index in [9.17, 15) is 9.59 Å². The van der Waals surface area contributed by atoms with Crippen LogP contribution in [0.25, 0.3) is 16.2 Å². The Balaban J connectivity index is 1.27. The quantitative estimate of drug-likeness (QED) is 0.618. The van der Waals surface area contributed by atoms with Gasteiger partial charge in [-0.05, 0) is 25.7 Å². The summed E-state index contributed by atoms with van der Waals surface area (Å²) in [7, 11) is 0. The average Bonchev–Trinajstić information content (AvgIpc) is 3.25. The number of rotatable bonds is 4. The molecule has 0 spiro atoms. The smallest absolute Gasteiger partial charge is 0.407 e. The highest BCUT2D eigenvalue weighted by Gasteiger charge is 2.29. The van der Waals surface area contributed by atoms with Gasteiger partial charge in [0.05, 0.1) is 11.8 Å². The SMILES string of the molecule is O=C(NC1CCN(C(=O)c2cc(Cl)nc(-c3cnn4ccsc34)n2)CC1)OC1CC1. The number of amides is 2. The Morgan fingerprint density at radius 2 is 2.00 bits per heavy atom. The van der Waals surface area contributed by atoms with Gasteiger partial charge in [0.1, 0.15) is 21.8 Å². The van der Waals surface area contributed by atoms with Crippen molar-refractivity contribution >= 4 is 39.8 Å². The summed E-state index contributed by atoms with van der Waals surface area (Å²) >= 11 is 7.71. The molecule has 0 atom stereocenters. The number of hydrogen-bond donors (Lipinski definition) is 1. The van der Waals surface area contributed by atoms with Gasteiger partial charge in [-0.25, -0.2) is 19.3 Å². The highest BCUT2D eigenvalue weighted by molar-refractivity contribution is 7.16. The van der Waals surface area contributed by atoms with Crippen LogP contribution in [0, 0.1) is 0 Å². The van der Waals surface area contributed by atoms with Crippen molar-refractivity contribution in [3.8, 4) is 11.4 Å². The fourth-order valence-corrected chi connectivity index (χ4v) is 4.43. The lowest BCUT2D eigenvalue weighted by molar-refractivity contribution is 0.0695. The second kappa shape index (κ2) is 7.84. The van der Waals surface area contributed by atoms with Crippen molar-refractivity contribution in [2.75, 3.05) is 13.1 Å². The highest BCUT2D eigenvalue weighted by Crippen LogP contribution is 2.27. The zero-order valence-electron chi connectivity index (χ0n) is 16.0. The summed E-state index contributed by atoms with van der Waals surface area (Å²) in [6.07, 6.45) is 6.45. The maximum absolute atomic E-state index is 13.0. The summed E-state index contributed by atoms with van der Waals surface area (Å²) in [5, 5.41) is 9.28. The number of ether oxygens (including phenoxy) is 1. The van der Waals surface area contributed by atoms with Crippen LogP contribution in [0.2, 0.25) is 5.15 Å². The second-order valence-electron chi connectivity index (χ2n) is 7.43. The first-order valence-corrected chi connectivity index (χ1v) is 11.0. The van der Waals surface area contributed by atoms with E-state index in [1.165, 1.54) is 17.4 Å². The van der Waals surface area contributed by atoms with Crippen LogP contribution in [0.4, 0.5) is 4.79 Å². The number of nitrogens with zero attached hydrogens (tertiary/aromatic N) is 5. The average molecular weight is 447 g/mol. The molecule has 1 aliphatic heterocycles. The molecule has 2 amide bonds. The molecule has 1 saturated heterocycles. The second-order valence-corrected chi connectivity index (χ2v) is 8.71. The number of piperidine rings is 1. The van der Waals surface area contributed by atoms with Crippen molar-refractivity contribution in [1.82, 2.24) is 29.8 Å². The van der Waals surface area contributed by atoms with Crippen molar-refractivity contribution in [3.63, 3.8) is 0 Å². The lowest BCUT2D eigenvalue weighted by Gasteiger charge is -2.32. The molecular formula is C19H19ClN6O3S. The van der Waals surface area contributed by atoms with Crippen molar-refractivity contribution in [1.29, 1.82) is 0 Å². The number of hydrogen-bond acceptors (Lipinski definition) is 7. The predicted octanol–water partition coefficient (Wildman–Crippen LogP) is 3.00. The molecule has 1 aliphatic carbocycles. The number of aromatic nitrogens is 4. The third kappa shape index (κ3) is 3.97. The van der Waals surface area contributed by atoms with Crippen LogP contribution in [0.3, 0.4) is 0 Å². The molecule has 4 heterocycles. The topological polar surface area (TPSA) is 102 Å². The molecule has 5 rings (SSSR count). The van der Waals surface area contributed by atoms with Gasteiger partial charge in [0.25, 0.3) is 5.91 Å². The Morgan fingerprint density at radius 1 is 1.20 bits per heavy atom. The van der Waals surface area contributed by atoms with Gasteiger partial charge in [-0.15, -0.1) is 11.3 Å². The summed E-state index contributed by atoms with van der Waals surface area (Å²) in [6, 6.07) is 1.49. The summed E-state index contributed by atoms with van der Waals surface area (Å²) in [5.41, 5.74) is 0.985. The largest absolute Gasteiger partial charge is 0.446 e. The van der Waals surface area contributed by atoms with Gasteiger partial charge in [-0.3, -0.25) is 4.79 Å². The normalized spacial score (nSPS) is 17.3. The number of carbonyl (C=O) groups is 2. The van der Waals surface area contributed by atoms with Gasteiger partial charge in [-0.1, -0.05) is 11.6 Å². The van der Waals surface area contributed by atoms with Gasteiger partial charge in [0.15, 0.2) is 5.82 Å². The number of alkyl carbamates (subject to hydrolysis) is 1. The number of likely N-dealkylation sites (tertiary alicyclic amines) is 1. The molecule has 156 valence electrons. The lowest BCUT2D eigenvalue weighted by atomic mass is 10.0. The maximum atomic E-state index is 13.0. The van der Waals surface area contributed by atoms with Crippen LogP contribution in [-0.2, 0) is 4.74 Å². The van der Waals surface area contributed by atoms with E-state index in [0.717, 1.165) is 23.2 Å². The van der Waals surface area contributed by atoms with E-state index >= 15 is 0 Å². The lowest BCUT2D eigenvalue weighted by Crippen LogP contribution is -2.47. The van der Waals surface area contributed by atoms with E-state index in [2.05, 4.69) is 20.4 Å². The first-order valence-electron chi connectivity index (χ1n) is 9.79. The summed E-state index contributed by atoms with van der Waals surface area (Å²) in [6.45, 7) is 1.04. The van der Waals surface area contributed by atoms with Gasteiger partial charge in [0.2, 0.25) is 0 Å². The maximum Gasteiger partial charge on any atom is 0.407 e. The summed E-state index contributed by atoms with van der Waals surface area (Å²) in [5.74, 6) is 0.178. The molecule has 3 aromatic heterocycles. The highest BCUT2D eigenvalue weighted by atomic mass is 35.5. The molecule has 11 heteroatoms. The Bertz CT molecular complexity index is 1100. The van der Waals surface area contributed by atoms with Crippen molar-refractivity contribution in [2.24, 2.45) is 0 Å². The van der Waals surface area contributed by atoms with Crippen LogP contribution in [0.5, 0.6) is 0 Å². The minimum absolute atomic E-state index is 0.00405. The van der Waals surface area contributed by atoms with Crippen LogP contribution >= 0.6 is 22.9 Å². The monoisotopic (exact) mass is 446 g/mol. The summed E-state index contributed by atoms with van der Waals surface area (Å²) < 4.78 is 6.96. The van der Waals surface area contributed by atoms with Crippen LogP contribution in [-0.4, -0.2) is 61.7 Å². The first kappa shape index (κ1) is 19.3. The number of thiazole rings is 1. The number of nitrogens with one attached hydrogen (secondary N) is 1. The zero-order chi connectivity index (χ0) is 20.7. The molecule has 30 heavy (non-hydrogen) atoms. The minimum Gasteiger partial charge on any atom is -0.446 e. The molecule has 0 radical (unpaired) electrons. The van der Waals surface area contributed by atoms with E-state index in [-0.39, 0.29) is 35.0 Å². The molecule has 0 unspecified atom stereocenters. The number of halogens is 1. The van der Waals surface area contributed by atoms with Gasteiger partial charge >= 0.3 is 6.09 Å². The Morgan fingerprint density at radius 3 is 2.77 bits per heavy atom. The molecule has 2 fully saturated rings. The minimum atomic E-state index is -0.365. The van der Waals surface area contributed by atoms with E-state index in [1.807, 2.05) is 11.6 Å². The zero-order valence-corrected chi connectivity index (χ0v) is 17.5. The fourth-order valence-electron chi connectivity index (χ4n) is 3.46. The van der Waals surface area contributed by atoms with Crippen LogP contribution < -0.4 is 5.32 Å². The van der Waals surface area contributed by atoms with Crippen molar-refractivity contribution < 1.29 is 14.3 Å². The molecule has 2 aliphatic rings. The standard InChI is InChI=1S/C19H19ClN6O3S/c20-15-9-14(23-16(24-15)13-10-21-26-7-8-30-18(13)26)17(27)25-5-3-11(4-6-25)22-19(28)29-12-1-2-12/h7-12H,1-6H2,(H,22,28). The number of carbonyl (C=O) groups excluding carboxylic acids is 2. The van der Waals surface area contributed by atoms with Gasteiger partial charge in [0, 0.05) is 36.8 Å². The molecule has 1 saturated carbocycles. The predicted molar refractivity (Wildman–Crippen MR) is 111 cm³/mol. The Labute approximate surface area is 181 Å². The van der Waals surface area contributed by atoms with E-state index < -0.39 is 0 Å². The number of fused-ring (bicyclic) bond motifs is 1. The third-order valence-corrected chi connectivity index (χ3v) is 6.27. The molecular weight excluding hydrogens is 428 g/mol. The summed E-state index contributed by atoms with van der Waals surface area (Å²) in [4.78, 5) is 36.2. The van der Waals surface area contributed by atoms with E-state index in [1.54, 1.807) is 15.6 Å². The third-order valence-electron chi connectivity index (χ3n) is 5.19. The van der Waals surface area contributed by atoms with Crippen molar-refractivity contribution in [2.45, 2.75) is 37.8 Å². The Hall–Kier alpha value is -2.72.